The second kappa shape index (κ2) is 5.86. The molecule has 4 N–H and O–H groups in total. The zero-order valence-electron chi connectivity index (χ0n) is 12.3. The molecule has 0 bridgehead atoms. The Morgan fingerprint density at radius 1 is 1.08 bits per heavy atom. The number of anilines is 1. The molecule has 0 saturated heterocycles. The number of H-pyrrole nitrogens is 2. The van der Waals surface area contributed by atoms with Crippen LogP contribution in [0.4, 0.5) is 5.69 Å². The van der Waals surface area contributed by atoms with E-state index in [1.165, 1.54) is 11.9 Å². The maximum Gasteiger partial charge on any atom is 0.491 e. The van der Waals surface area contributed by atoms with Gasteiger partial charge in [0.25, 0.3) is 0 Å². The fourth-order valence-electron chi connectivity index (χ4n) is 2.55. The molecule has 0 amide bonds. The Bertz CT molecular complexity index is 1050. The Morgan fingerprint density at radius 2 is 1.88 bits per heavy atom. The van der Waals surface area contributed by atoms with Crippen LogP contribution >= 0.6 is 11.9 Å². The Hall–Kier alpha value is -2.49. The number of hydrogen-bond donors (Lipinski definition) is 4. The van der Waals surface area contributed by atoms with Crippen LogP contribution in [-0.4, -0.2) is 22.1 Å². The van der Waals surface area contributed by atoms with Gasteiger partial charge in [0.1, 0.15) is 0 Å². The van der Waals surface area contributed by atoms with E-state index in [1.54, 1.807) is 12.1 Å². The Morgan fingerprint density at radius 3 is 2.71 bits per heavy atom. The molecule has 1 aliphatic rings. The smallest absolute Gasteiger partial charge is 0.423 e. The minimum absolute atomic E-state index is 0.417. The summed E-state index contributed by atoms with van der Waals surface area (Å²) in [6, 6.07) is 11.0. The Balaban J connectivity index is 1.57. The topological polar surface area (TPSA) is 107 Å². The molecule has 7 nitrogen and oxygen atoms in total. The molecule has 0 aliphatic carbocycles. The normalized spacial score (nSPS) is 13.3. The summed E-state index contributed by atoms with van der Waals surface area (Å²) >= 11 is 1.36. The zero-order valence-corrected chi connectivity index (χ0v) is 13.1. The zero-order chi connectivity index (χ0) is 16.7. The van der Waals surface area contributed by atoms with E-state index in [2.05, 4.69) is 14.7 Å². The first kappa shape index (κ1) is 15.1. The van der Waals surface area contributed by atoms with Crippen molar-refractivity contribution >= 4 is 41.2 Å². The van der Waals surface area contributed by atoms with Gasteiger partial charge in [-0.15, -0.1) is 0 Å². The second-order valence-corrected chi connectivity index (χ2v) is 6.28. The van der Waals surface area contributed by atoms with Gasteiger partial charge in [-0.1, -0.05) is 6.07 Å². The lowest BCUT2D eigenvalue weighted by atomic mass is 9.79. The summed E-state index contributed by atoms with van der Waals surface area (Å²) in [5, 5.41) is 9.74. The van der Waals surface area contributed by atoms with Crippen LogP contribution in [0.2, 0.25) is 0 Å². The predicted molar refractivity (Wildman–Crippen MR) is 93.5 cm³/mol. The molecule has 0 saturated carbocycles. The fourth-order valence-corrected chi connectivity index (χ4v) is 3.23. The van der Waals surface area contributed by atoms with E-state index in [9.17, 15) is 14.6 Å². The Kier molecular flexibility index (Phi) is 3.68. The first-order chi connectivity index (χ1) is 11.6. The third kappa shape index (κ3) is 2.73. The van der Waals surface area contributed by atoms with Crippen molar-refractivity contribution < 1.29 is 9.68 Å². The standard InChI is InChI=1S/C15H12BN3O4S/c20-14-15(21)18-13-6-10(3-4-12(13)17-14)24-19-9-2-1-8-7-23-16(22)11(8)5-9/h1-6,19,22H,7H2,(H,17,20)(H,18,21). The van der Waals surface area contributed by atoms with Crippen LogP contribution in [0.5, 0.6) is 0 Å². The number of benzene rings is 2. The molecule has 0 spiro atoms. The highest BCUT2D eigenvalue weighted by Crippen LogP contribution is 2.24. The molecule has 0 unspecified atom stereocenters. The first-order valence-corrected chi connectivity index (χ1v) is 8.03. The molecule has 0 fully saturated rings. The third-order valence-electron chi connectivity index (χ3n) is 3.79. The van der Waals surface area contributed by atoms with E-state index in [0.29, 0.717) is 17.6 Å². The van der Waals surface area contributed by atoms with Crippen LogP contribution in [0.1, 0.15) is 5.56 Å². The SMILES string of the molecule is O=c1[nH]c2ccc(SNc3ccc4c(c3)B(O)OC4)cc2[nH]c1=O. The van der Waals surface area contributed by atoms with Crippen LogP contribution < -0.4 is 21.3 Å². The largest absolute Gasteiger partial charge is 0.491 e. The fraction of sp³-hybridized carbons (Fsp3) is 0.0667. The van der Waals surface area contributed by atoms with Crippen molar-refractivity contribution in [3.8, 4) is 0 Å². The molecule has 0 atom stereocenters. The monoisotopic (exact) mass is 341 g/mol. The van der Waals surface area contributed by atoms with Gasteiger partial charge in [0.15, 0.2) is 0 Å². The van der Waals surface area contributed by atoms with Gasteiger partial charge in [-0.05, 0) is 53.3 Å². The van der Waals surface area contributed by atoms with E-state index in [0.717, 1.165) is 21.6 Å². The second-order valence-electron chi connectivity index (χ2n) is 5.40. The molecule has 4 rings (SSSR count). The van der Waals surface area contributed by atoms with Gasteiger partial charge in [0, 0.05) is 10.6 Å². The van der Waals surface area contributed by atoms with Crippen LogP contribution in [0.3, 0.4) is 0 Å². The average Bonchev–Trinajstić information content (AvgIpc) is 2.95. The number of fused-ring (bicyclic) bond motifs is 2. The molecular weight excluding hydrogens is 329 g/mol. The molecule has 1 aliphatic heterocycles. The number of rotatable bonds is 3. The molecule has 2 aromatic carbocycles. The maximum atomic E-state index is 11.4. The van der Waals surface area contributed by atoms with Crippen LogP contribution in [0.15, 0.2) is 50.9 Å². The summed E-state index contributed by atoms with van der Waals surface area (Å²) in [5.41, 5.74) is 2.36. The third-order valence-corrected chi connectivity index (χ3v) is 4.62. The highest BCUT2D eigenvalue weighted by molar-refractivity contribution is 8.00. The summed E-state index contributed by atoms with van der Waals surface area (Å²) in [6.07, 6.45) is 0. The Labute approximate surface area is 140 Å². The van der Waals surface area contributed by atoms with Crippen molar-refractivity contribution in [1.29, 1.82) is 0 Å². The molecule has 0 radical (unpaired) electrons. The predicted octanol–water partition coefficient (Wildman–Crippen LogP) is 0.553. The van der Waals surface area contributed by atoms with Gasteiger partial charge in [0.05, 0.1) is 17.6 Å². The molecular formula is C15H12BN3O4S. The quantitative estimate of drug-likeness (QED) is 0.315. The average molecular weight is 341 g/mol. The maximum absolute atomic E-state index is 11.4. The van der Waals surface area contributed by atoms with Crippen molar-refractivity contribution in [2.45, 2.75) is 11.5 Å². The molecule has 24 heavy (non-hydrogen) atoms. The van der Waals surface area contributed by atoms with E-state index in [-0.39, 0.29) is 0 Å². The van der Waals surface area contributed by atoms with E-state index in [4.69, 9.17) is 4.65 Å². The summed E-state index contributed by atoms with van der Waals surface area (Å²) in [6.45, 7) is 0.417. The molecule has 120 valence electrons. The number of aromatic amines is 2. The van der Waals surface area contributed by atoms with Crippen molar-refractivity contribution in [1.82, 2.24) is 9.97 Å². The molecule has 9 heteroatoms. The van der Waals surface area contributed by atoms with Gasteiger partial charge >= 0.3 is 18.2 Å². The molecule has 2 heterocycles. The van der Waals surface area contributed by atoms with E-state index < -0.39 is 18.2 Å². The van der Waals surface area contributed by atoms with Crippen LogP contribution in [0.25, 0.3) is 11.0 Å². The lowest BCUT2D eigenvalue weighted by Gasteiger charge is -2.08. The van der Waals surface area contributed by atoms with Crippen molar-refractivity contribution in [3.63, 3.8) is 0 Å². The minimum atomic E-state index is -0.880. The molecule has 3 aromatic rings. The summed E-state index contributed by atoms with van der Waals surface area (Å²) in [5.74, 6) is 0. The summed E-state index contributed by atoms with van der Waals surface area (Å²) < 4.78 is 8.36. The van der Waals surface area contributed by atoms with Crippen molar-refractivity contribution in [3.05, 3.63) is 62.7 Å². The van der Waals surface area contributed by atoms with Gasteiger partial charge < -0.3 is 24.4 Å². The minimum Gasteiger partial charge on any atom is -0.423 e. The van der Waals surface area contributed by atoms with Gasteiger partial charge in [-0.25, -0.2) is 0 Å². The van der Waals surface area contributed by atoms with E-state index in [1.807, 2.05) is 24.3 Å². The summed E-state index contributed by atoms with van der Waals surface area (Å²) in [7, 11) is -0.880. The van der Waals surface area contributed by atoms with Gasteiger partial charge in [0.2, 0.25) is 0 Å². The van der Waals surface area contributed by atoms with Crippen LogP contribution in [0, 0.1) is 0 Å². The first-order valence-electron chi connectivity index (χ1n) is 7.22. The van der Waals surface area contributed by atoms with Crippen molar-refractivity contribution in [2.75, 3.05) is 4.72 Å². The summed E-state index contributed by atoms with van der Waals surface area (Å²) in [4.78, 5) is 28.6. The lowest BCUT2D eigenvalue weighted by Crippen LogP contribution is -2.28. The van der Waals surface area contributed by atoms with E-state index >= 15 is 0 Å². The number of nitrogens with one attached hydrogen (secondary N) is 3. The highest BCUT2D eigenvalue weighted by Gasteiger charge is 2.27. The molecule has 1 aromatic heterocycles. The van der Waals surface area contributed by atoms with Crippen molar-refractivity contribution in [2.24, 2.45) is 0 Å². The van der Waals surface area contributed by atoms with Gasteiger partial charge in [-0.2, -0.15) is 0 Å². The van der Waals surface area contributed by atoms with Gasteiger partial charge in [-0.3, -0.25) is 9.59 Å². The van der Waals surface area contributed by atoms with Crippen LogP contribution in [-0.2, 0) is 11.3 Å². The lowest BCUT2D eigenvalue weighted by molar-refractivity contribution is 0.275. The number of aromatic nitrogens is 2. The number of hydrogen-bond acceptors (Lipinski definition) is 6. The highest BCUT2D eigenvalue weighted by atomic mass is 32.2.